The highest BCUT2D eigenvalue weighted by atomic mass is 19.1. The third kappa shape index (κ3) is 3.79. The van der Waals surface area contributed by atoms with Gasteiger partial charge in [-0.25, -0.2) is 4.39 Å². The van der Waals surface area contributed by atoms with Crippen molar-refractivity contribution >= 4 is 0 Å². The van der Waals surface area contributed by atoms with Crippen LogP contribution in [-0.4, -0.2) is 12.1 Å². The van der Waals surface area contributed by atoms with Crippen molar-refractivity contribution in [1.29, 1.82) is 0 Å². The van der Waals surface area contributed by atoms with Gasteiger partial charge in [-0.1, -0.05) is 31.4 Å². The maximum absolute atomic E-state index is 12.7. The lowest BCUT2D eigenvalue weighted by Gasteiger charge is -2.33. The van der Waals surface area contributed by atoms with Crippen molar-refractivity contribution in [2.24, 2.45) is 5.73 Å². The quantitative estimate of drug-likeness (QED) is 0.873. The predicted octanol–water partition coefficient (Wildman–Crippen LogP) is 3.00. The minimum Gasteiger partial charge on any atom is -0.375 e. The fourth-order valence-electron chi connectivity index (χ4n) is 2.35. The van der Waals surface area contributed by atoms with Crippen LogP contribution in [0.4, 0.5) is 4.39 Å². The van der Waals surface area contributed by atoms with E-state index in [4.69, 9.17) is 10.5 Å². The predicted molar refractivity (Wildman–Crippen MR) is 66.1 cm³/mol. The second-order valence-electron chi connectivity index (χ2n) is 5.04. The largest absolute Gasteiger partial charge is 0.375 e. The first-order chi connectivity index (χ1) is 8.18. The highest BCUT2D eigenvalue weighted by Crippen LogP contribution is 2.26. The second kappa shape index (κ2) is 5.61. The smallest absolute Gasteiger partial charge is 0.123 e. The molecule has 3 heteroatoms. The molecule has 2 rings (SSSR count). The molecule has 2 N–H and O–H groups in total. The molecule has 1 saturated carbocycles. The van der Waals surface area contributed by atoms with Crippen LogP contribution in [-0.2, 0) is 11.3 Å². The van der Waals surface area contributed by atoms with Gasteiger partial charge in [0.15, 0.2) is 0 Å². The molecule has 1 aromatic carbocycles. The lowest BCUT2D eigenvalue weighted by atomic mass is 9.83. The zero-order valence-corrected chi connectivity index (χ0v) is 10.1. The van der Waals surface area contributed by atoms with E-state index in [1.165, 1.54) is 31.4 Å². The number of halogens is 1. The molecule has 0 aromatic heterocycles. The molecule has 0 unspecified atom stereocenters. The van der Waals surface area contributed by atoms with Crippen molar-refractivity contribution in [2.45, 2.75) is 44.2 Å². The molecule has 1 aliphatic carbocycles. The molecule has 0 bridgehead atoms. The van der Waals surface area contributed by atoms with E-state index in [9.17, 15) is 4.39 Å². The first kappa shape index (κ1) is 12.5. The maximum Gasteiger partial charge on any atom is 0.123 e. The Balaban J connectivity index is 1.77. The summed E-state index contributed by atoms with van der Waals surface area (Å²) in [4.78, 5) is 0. The van der Waals surface area contributed by atoms with Gasteiger partial charge in [-0.05, 0) is 30.5 Å². The zero-order valence-electron chi connectivity index (χ0n) is 10.1. The minimum absolute atomic E-state index is 0.141. The fourth-order valence-corrected chi connectivity index (χ4v) is 2.35. The maximum atomic E-state index is 12.7. The lowest BCUT2D eigenvalue weighted by Crippen LogP contribution is -2.46. The minimum atomic E-state index is -0.212. The molecule has 0 aliphatic heterocycles. The zero-order chi connectivity index (χ0) is 12.1. The third-order valence-electron chi connectivity index (χ3n) is 3.42. The van der Waals surface area contributed by atoms with Crippen LogP contribution in [0.5, 0.6) is 0 Å². The summed E-state index contributed by atoms with van der Waals surface area (Å²) in [6.45, 7) is 1.11. The second-order valence-corrected chi connectivity index (χ2v) is 5.04. The van der Waals surface area contributed by atoms with Crippen LogP contribution in [0.3, 0.4) is 0 Å². The van der Waals surface area contributed by atoms with Crippen LogP contribution in [0.2, 0.25) is 0 Å². The van der Waals surface area contributed by atoms with E-state index in [-0.39, 0.29) is 11.4 Å². The van der Waals surface area contributed by atoms with Gasteiger partial charge in [0.05, 0.1) is 13.2 Å². The van der Waals surface area contributed by atoms with Crippen molar-refractivity contribution in [3.8, 4) is 0 Å². The van der Waals surface area contributed by atoms with Crippen LogP contribution in [0.15, 0.2) is 24.3 Å². The SMILES string of the molecule is NC1(COCc2ccc(F)cc2)CCCCC1. The van der Waals surface area contributed by atoms with Crippen molar-refractivity contribution < 1.29 is 9.13 Å². The van der Waals surface area contributed by atoms with Gasteiger partial charge in [-0.3, -0.25) is 0 Å². The molecule has 0 amide bonds. The summed E-state index contributed by atoms with van der Waals surface area (Å²) in [5, 5.41) is 0. The summed E-state index contributed by atoms with van der Waals surface area (Å²) in [5.41, 5.74) is 7.11. The first-order valence-electron chi connectivity index (χ1n) is 6.29. The van der Waals surface area contributed by atoms with Gasteiger partial charge in [0.2, 0.25) is 0 Å². The molecule has 1 aliphatic rings. The number of rotatable bonds is 4. The van der Waals surface area contributed by atoms with E-state index in [1.54, 1.807) is 12.1 Å². The van der Waals surface area contributed by atoms with E-state index < -0.39 is 0 Å². The summed E-state index contributed by atoms with van der Waals surface area (Å²) in [6, 6.07) is 6.41. The third-order valence-corrected chi connectivity index (χ3v) is 3.42. The van der Waals surface area contributed by atoms with E-state index in [2.05, 4.69) is 0 Å². The van der Waals surface area contributed by atoms with Gasteiger partial charge in [0.25, 0.3) is 0 Å². The average molecular weight is 237 g/mol. The van der Waals surface area contributed by atoms with Crippen molar-refractivity contribution in [2.75, 3.05) is 6.61 Å². The lowest BCUT2D eigenvalue weighted by molar-refractivity contribution is 0.0574. The molecule has 0 heterocycles. The Morgan fingerprint density at radius 2 is 1.76 bits per heavy atom. The highest BCUT2D eigenvalue weighted by molar-refractivity contribution is 5.14. The van der Waals surface area contributed by atoms with Crippen molar-refractivity contribution in [1.82, 2.24) is 0 Å². The Morgan fingerprint density at radius 1 is 1.12 bits per heavy atom. The summed E-state index contributed by atoms with van der Waals surface area (Å²) in [6.07, 6.45) is 5.80. The van der Waals surface area contributed by atoms with Gasteiger partial charge >= 0.3 is 0 Å². The fraction of sp³-hybridized carbons (Fsp3) is 0.571. The number of ether oxygens (including phenoxy) is 1. The van der Waals surface area contributed by atoms with Gasteiger partial charge in [-0.2, -0.15) is 0 Å². The molecule has 17 heavy (non-hydrogen) atoms. The van der Waals surface area contributed by atoms with E-state index >= 15 is 0 Å². The Labute approximate surface area is 102 Å². The molecular formula is C14H20FNO. The standard InChI is InChI=1S/C14H20FNO/c15-13-6-4-12(5-7-13)10-17-11-14(16)8-2-1-3-9-14/h4-7H,1-3,8-11,16H2. The molecular weight excluding hydrogens is 217 g/mol. The van der Waals surface area contributed by atoms with Gasteiger partial charge in [-0.15, -0.1) is 0 Å². The van der Waals surface area contributed by atoms with Crippen LogP contribution in [0, 0.1) is 5.82 Å². The van der Waals surface area contributed by atoms with Crippen LogP contribution >= 0.6 is 0 Å². The Bertz CT molecular complexity index is 344. The van der Waals surface area contributed by atoms with Gasteiger partial charge in [0.1, 0.15) is 5.82 Å². The molecule has 0 radical (unpaired) electrons. The summed E-state index contributed by atoms with van der Waals surface area (Å²) in [7, 11) is 0. The van der Waals surface area contributed by atoms with E-state index in [0.29, 0.717) is 13.2 Å². The van der Waals surface area contributed by atoms with Crippen molar-refractivity contribution in [3.63, 3.8) is 0 Å². The number of hydrogen-bond acceptors (Lipinski definition) is 2. The van der Waals surface area contributed by atoms with Gasteiger partial charge < -0.3 is 10.5 Å². The average Bonchev–Trinajstić information content (AvgIpc) is 2.32. The molecule has 1 aromatic rings. The number of benzene rings is 1. The van der Waals surface area contributed by atoms with Crippen molar-refractivity contribution in [3.05, 3.63) is 35.6 Å². The van der Waals surface area contributed by atoms with Crippen LogP contribution < -0.4 is 5.73 Å². The Kier molecular flexibility index (Phi) is 4.13. The molecule has 0 saturated heterocycles. The van der Waals surface area contributed by atoms with E-state index in [0.717, 1.165) is 18.4 Å². The summed E-state index contributed by atoms with van der Waals surface area (Å²) in [5.74, 6) is -0.212. The highest BCUT2D eigenvalue weighted by Gasteiger charge is 2.27. The van der Waals surface area contributed by atoms with Gasteiger partial charge in [0, 0.05) is 5.54 Å². The monoisotopic (exact) mass is 237 g/mol. The van der Waals surface area contributed by atoms with Crippen LogP contribution in [0.1, 0.15) is 37.7 Å². The molecule has 0 spiro atoms. The molecule has 94 valence electrons. The molecule has 0 atom stereocenters. The Morgan fingerprint density at radius 3 is 2.41 bits per heavy atom. The van der Waals surface area contributed by atoms with Crippen LogP contribution in [0.25, 0.3) is 0 Å². The number of nitrogens with two attached hydrogens (primary N) is 1. The Hall–Kier alpha value is -0.930. The summed E-state index contributed by atoms with van der Waals surface area (Å²) >= 11 is 0. The molecule has 2 nitrogen and oxygen atoms in total. The topological polar surface area (TPSA) is 35.2 Å². The molecule has 1 fully saturated rings. The first-order valence-corrected chi connectivity index (χ1v) is 6.29. The number of hydrogen-bond donors (Lipinski definition) is 1. The normalized spacial score (nSPS) is 19.2. The van der Waals surface area contributed by atoms with E-state index in [1.807, 2.05) is 0 Å². The summed E-state index contributed by atoms with van der Waals surface area (Å²) < 4.78 is 18.4.